The Balaban J connectivity index is 1.51. The fourth-order valence-electron chi connectivity index (χ4n) is 8.89. The highest BCUT2D eigenvalue weighted by Gasteiger charge is 2.57. The van der Waals surface area contributed by atoms with Gasteiger partial charge in [0.25, 0.3) is 5.91 Å². The molecule has 448 valence electrons. The Labute approximate surface area is 466 Å². The van der Waals surface area contributed by atoms with Gasteiger partial charge in [-0.05, 0) is 99.9 Å². The van der Waals surface area contributed by atoms with Crippen molar-refractivity contribution in [3.63, 3.8) is 0 Å². The monoisotopic (exact) mass is 1170 g/mol. The SMILES string of the molecule is COC(=O)N[C@H](C(=O)N[C@@H](Cc1ccc(C#Cc2ccc(N3CC(C)CC(CN(C)C(C)=O)C3)nc2)cc1)[C@@H](O)CN(Cc1c(F)cc(-c2cnn(C(F)F)c2)cc1F)NC(=O)[C@@H](NC(=O)OC)C(C)(C)C(F)(F)F)C(C)(C)C(F)(F)F. The minimum atomic E-state index is -5.24. The van der Waals surface area contributed by atoms with Gasteiger partial charge in [-0.25, -0.2) is 33.0 Å². The molecule has 1 aliphatic heterocycles. The van der Waals surface area contributed by atoms with Crippen molar-refractivity contribution in [3.8, 4) is 23.0 Å². The molecule has 0 bridgehead atoms. The van der Waals surface area contributed by atoms with Gasteiger partial charge in [0.05, 0.1) is 43.4 Å². The minimum absolute atomic E-state index is 0.0284. The number of anilines is 1. The van der Waals surface area contributed by atoms with Gasteiger partial charge in [0, 0.05) is 81.3 Å². The van der Waals surface area contributed by atoms with E-state index in [1.165, 1.54) is 31.2 Å². The number of carbonyl (C=O) groups excluding carboxylic acids is 5. The van der Waals surface area contributed by atoms with E-state index < -0.39 is 115 Å². The molecule has 5 amide bonds. The van der Waals surface area contributed by atoms with Crippen LogP contribution < -0.4 is 26.3 Å². The van der Waals surface area contributed by atoms with Crippen LogP contribution in [-0.4, -0.2) is 144 Å². The summed E-state index contributed by atoms with van der Waals surface area (Å²) in [6.07, 6.45) is -11.9. The number of alkyl carbamates (subject to hydrolysis) is 2. The molecule has 1 saturated heterocycles. The number of hydrazine groups is 1. The largest absolute Gasteiger partial charge is 0.453 e. The Morgan fingerprint density at radius 2 is 1.34 bits per heavy atom. The zero-order valence-electron chi connectivity index (χ0n) is 46.1. The average molecular weight is 1170 g/mol. The number of aliphatic hydroxyl groups is 1. The smallest absolute Gasteiger partial charge is 0.407 e. The summed E-state index contributed by atoms with van der Waals surface area (Å²) in [6, 6.07) is 4.12. The lowest BCUT2D eigenvalue weighted by Crippen LogP contribution is -2.63. The predicted octanol–water partition coefficient (Wildman–Crippen LogP) is 7.51. The van der Waals surface area contributed by atoms with Crippen LogP contribution in [-0.2, 0) is 36.8 Å². The zero-order valence-corrected chi connectivity index (χ0v) is 46.1. The predicted molar refractivity (Wildman–Crippen MR) is 277 cm³/mol. The first kappa shape index (κ1) is 65.1. The molecule has 0 radical (unpaired) electrons. The number of piperidine rings is 1. The lowest BCUT2D eigenvalue weighted by atomic mass is 9.82. The third kappa shape index (κ3) is 16.7. The van der Waals surface area contributed by atoms with Crippen LogP contribution >= 0.6 is 0 Å². The number of aliphatic hydroxyl groups excluding tert-OH is 1. The number of rotatable bonds is 20. The van der Waals surface area contributed by atoms with Gasteiger partial charge in [0.2, 0.25) is 11.8 Å². The highest BCUT2D eigenvalue weighted by molar-refractivity contribution is 5.87. The number of amides is 5. The Morgan fingerprint density at radius 3 is 1.84 bits per heavy atom. The van der Waals surface area contributed by atoms with Gasteiger partial charge in [-0.2, -0.15) is 40.2 Å². The number of carbonyl (C=O) groups is 5. The van der Waals surface area contributed by atoms with Crippen molar-refractivity contribution >= 4 is 35.7 Å². The number of aromatic nitrogens is 3. The normalized spacial score (nSPS) is 16.5. The second-order valence-corrected chi connectivity index (χ2v) is 21.1. The van der Waals surface area contributed by atoms with Gasteiger partial charge in [-0.1, -0.05) is 30.9 Å². The van der Waals surface area contributed by atoms with Gasteiger partial charge >= 0.3 is 31.1 Å². The van der Waals surface area contributed by atoms with Crippen molar-refractivity contribution < 1.29 is 82.5 Å². The van der Waals surface area contributed by atoms with E-state index in [0.29, 0.717) is 75.0 Å². The molecule has 2 unspecified atom stereocenters. The van der Waals surface area contributed by atoms with Crippen LogP contribution in [0.25, 0.3) is 11.1 Å². The standard InChI is InChI=1S/C54H64F10N10O8/c1-30-18-35(25-71(7)31(2)75)26-72(24-30)43-17-16-34(22-65-43)15-12-32-10-13-33(14-11-32)19-41(67-46(77)44(68-49(79)81-8)51(3,4)53(59,60)61)42(76)29-73(70-47(78)45(69-50(80)82-9)52(5,6)54(62,63)64)28-38-39(55)20-36(21-40(38)56)37-23-66-74(27-37)48(57)58/h10-11,13-14,16-17,20-23,27,30,35,41-42,44-45,48,76H,18-19,24-26,28-29H2,1-9H3,(H,67,77)(H,68,79)(H,69,80)(H,70,78)/t30?,35?,41-,42-,44+,45+/m0/s1. The number of halogens is 10. The molecule has 3 heterocycles. The average Bonchev–Trinajstić information content (AvgIpc) is 4.05. The summed E-state index contributed by atoms with van der Waals surface area (Å²) in [6.45, 7) is 2.52. The maximum atomic E-state index is 16.1. The molecule has 5 N–H and O–H groups in total. The number of methoxy groups -OCH3 is 2. The maximum absolute atomic E-state index is 16.1. The van der Waals surface area contributed by atoms with E-state index in [1.807, 2.05) is 16.8 Å². The van der Waals surface area contributed by atoms with Crippen LogP contribution in [0, 0.1) is 46.1 Å². The van der Waals surface area contributed by atoms with E-state index in [1.54, 1.807) is 29.5 Å². The van der Waals surface area contributed by atoms with Crippen molar-refractivity contribution in [3.05, 3.63) is 101 Å². The highest BCUT2D eigenvalue weighted by atomic mass is 19.4. The van der Waals surface area contributed by atoms with Gasteiger partial charge in [-0.15, -0.1) is 0 Å². The fourth-order valence-corrected chi connectivity index (χ4v) is 8.89. The first-order valence-electron chi connectivity index (χ1n) is 25.4. The molecule has 18 nitrogen and oxygen atoms in total. The van der Waals surface area contributed by atoms with Crippen LogP contribution in [0.2, 0.25) is 0 Å². The van der Waals surface area contributed by atoms with E-state index in [-0.39, 0.29) is 33.2 Å². The van der Waals surface area contributed by atoms with Crippen molar-refractivity contribution in [2.75, 3.05) is 52.3 Å². The number of ether oxygens (including phenoxy) is 2. The Hall–Kier alpha value is -7.67. The second kappa shape index (κ2) is 26.9. The van der Waals surface area contributed by atoms with Crippen molar-refractivity contribution in [2.24, 2.45) is 22.7 Å². The molecule has 1 aliphatic rings. The van der Waals surface area contributed by atoms with Crippen molar-refractivity contribution in [2.45, 2.75) is 104 Å². The lowest BCUT2D eigenvalue weighted by Gasteiger charge is -2.38. The third-order valence-corrected chi connectivity index (χ3v) is 14.1. The van der Waals surface area contributed by atoms with Crippen molar-refractivity contribution in [1.29, 1.82) is 0 Å². The third-order valence-electron chi connectivity index (χ3n) is 14.1. The molecule has 0 saturated carbocycles. The zero-order chi connectivity index (χ0) is 61.2. The van der Waals surface area contributed by atoms with Crippen LogP contribution in [0.5, 0.6) is 0 Å². The molecule has 28 heteroatoms. The molecule has 2 aromatic heterocycles. The number of hydrogen-bond donors (Lipinski definition) is 5. The fraction of sp³-hybridized carbons (Fsp3) is 0.500. The van der Waals surface area contributed by atoms with Gasteiger partial charge in [0.1, 0.15) is 29.5 Å². The first-order valence-corrected chi connectivity index (χ1v) is 25.4. The Bertz CT molecular complexity index is 2920. The number of nitrogens with one attached hydrogen (secondary N) is 4. The molecule has 4 aromatic rings. The van der Waals surface area contributed by atoms with Crippen LogP contribution in [0.3, 0.4) is 0 Å². The summed E-state index contributed by atoms with van der Waals surface area (Å²) < 4.78 is 155. The second-order valence-electron chi connectivity index (χ2n) is 21.1. The first-order chi connectivity index (χ1) is 38.1. The van der Waals surface area contributed by atoms with Crippen LogP contribution in [0.4, 0.5) is 59.3 Å². The maximum Gasteiger partial charge on any atom is 0.407 e. The molecule has 5 rings (SSSR count). The number of alkyl halides is 8. The summed E-state index contributed by atoms with van der Waals surface area (Å²) in [5, 5.41) is 21.9. The van der Waals surface area contributed by atoms with Crippen molar-refractivity contribution in [1.82, 2.24) is 46.0 Å². The molecule has 0 spiro atoms. The lowest BCUT2D eigenvalue weighted by molar-refractivity contribution is -0.221. The summed E-state index contributed by atoms with van der Waals surface area (Å²) in [7, 11) is 3.35. The number of pyridine rings is 1. The van der Waals surface area contributed by atoms with Gasteiger partial charge < -0.3 is 40.3 Å². The summed E-state index contributed by atoms with van der Waals surface area (Å²) >= 11 is 0. The Morgan fingerprint density at radius 1 is 0.793 bits per heavy atom. The van der Waals surface area contributed by atoms with E-state index in [2.05, 4.69) is 48.5 Å². The molecule has 6 atom stereocenters. The summed E-state index contributed by atoms with van der Waals surface area (Å²) in [4.78, 5) is 73.2. The van der Waals surface area contributed by atoms with E-state index in [0.717, 1.165) is 45.4 Å². The number of nitrogens with zero attached hydrogens (tertiary/aromatic N) is 6. The molecule has 1 fully saturated rings. The van der Waals surface area contributed by atoms with E-state index in [4.69, 9.17) is 0 Å². The van der Waals surface area contributed by atoms with E-state index >= 15 is 8.78 Å². The minimum Gasteiger partial charge on any atom is -0.453 e. The molecular weight excluding hydrogens is 1110 g/mol. The molecule has 82 heavy (non-hydrogen) atoms. The molecule has 0 aliphatic carbocycles. The number of benzene rings is 2. The topological polar surface area (TPSA) is 213 Å². The molecular formula is C54H64F10N10O8. The van der Waals surface area contributed by atoms with Crippen LogP contribution in [0.15, 0.2) is 67.1 Å². The molecule has 2 aromatic carbocycles. The highest BCUT2D eigenvalue weighted by Crippen LogP contribution is 2.42. The van der Waals surface area contributed by atoms with Gasteiger partial charge in [0.15, 0.2) is 0 Å². The van der Waals surface area contributed by atoms with Crippen LogP contribution in [0.1, 0.15) is 76.8 Å². The summed E-state index contributed by atoms with van der Waals surface area (Å²) in [5.41, 5.74) is -4.36. The van der Waals surface area contributed by atoms with Gasteiger partial charge in [-0.3, -0.25) is 19.8 Å². The van der Waals surface area contributed by atoms with E-state index in [9.17, 15) is 64.2 Å². The number of hydrogen-bond acceptors (Lipinski definition) is 12. The summed E-state index contributed by atoms with van der Waals surface area (Å²) in [5.74, 6) is 1.17. The quantitative estimate of drug-likeness (QED) is 0.0331. The Kier molecular flexibility index (Phi) is 21.4.